The number of halogens is 1. The predicted molar refractivity (Wildman–Crippen MR) is 124 cm³/mol. The van der Waals surface area contributed by atoms with Gasteiger partial charge in [0.1, 0.15) is 0 Å². The molecule has 0 bridgehead atoms. The molecule has 1 aromatic carbocycles. The van der Waals surface area contributed by atoms with Gasteiger partial charge < -0.3 is 4.90 Å². The molecule has 3 aromatic rings. The van der Waals surface area contributed by atoms with E-state index in [0.717, 1.165) is 65.4 Å². The number of carbonyl (C=O) groups is 1. The predicted octanol–water partition coefficient (Wildman–Crippen LogP) is 3.31. The molecule has 0 unspecified atom stereocenters. The fraction of sp³-hybridized carbons (Fsp3) is 0.435. The van der Waals surface area contributed by atoms with Crippen LogP contribution in [-0.4, -0.2) is 61.4 Å². The lowest BCUT2D eigenvalue weighted by Crippen LogP contribution is -2.48. The topological polar surface area (TPSA) is 59.2 Å². The van der Waals surface area contributed by atoms with Crippen LogP contribution in [0, 0.1) is 20.8 Å². The van der Waals surface area contributed by atoms with Crippen molar-refractivity contribution in [1.82, 2.24) is 29.4 Å². The maximum absolute atomic E-state index is 13.1. The number of rotatable bonds is 5. The molecule has 0 atom stereocenters. The molecule has 0 aliphatic carbocycles. The van der Waals surface area contributed by atoms with Crippen molar-refractivity contribution in [2.45, 2.75) is 33.9 Å². The Morgan fingerprint density at radius 1 is 1.03 bits per heavy atom. The maximum Gasteiger partial charge on any atom is 0.253 e. The molecule has 1 aliphatic rings. The first-order valence-corrected chi connectivity index (χ1v) is 11.4. The average Bonchev–Trinajstić information content (AvgIpc) is 3.20. The number of piperazine rings is 1. The maximum atomic E-state index is 13.1. The highest BCUT2D eigenvalue weighted by Crippen LogP contribution is 2.21. The SMILES string of the molecule is Cc1nn(C)cc1CN1CCN(C(=O)c2cccc(Cn3nc(C)c(Br)c3C)c2)CC1. The monoisotopic (exact) mass is 484 g/mol. The molecule has 0 radical (unpaired) electrons. The van der Waals surface area contributed by atoms with Crippen LogP contribution in [0.1, 0.15) is 38.6 Å². The molecular weight excluding hydrogens is 456 g/mol. The summed E-state index contributed by atoms with van der Waals surface area (Å²) in [4.78, 5) is 17.5. The molecule has 0 N–H and O–H groups in total. The van der Waals surface area contributed by atoms with Crippen LogP contribution < -0.4 is 0 Å². The lowest BCUT2D eigenvalue weighted by molar-refractivity contribution is 0.0628. The zero-order chi connectivity index (χ0) is 22.1. The first-order chi connectivity index (χ1) is 14.8. The van der Waals surface area contributed by atoms with Gasteiger partial charge >= 0.3 is 0 Å². The zero-order valence-corrected chi connectivity index (χ0v) is 20.2. The number of hydrogen-bond acceptors (Lipinski definition) is 4. The normalized spacial score (nSPS) is 14.9. The Morgan fingerprint density at radius 3 is 2.39 bits per heavy atom. The second-order valence-electron chi connectivity index (χ2n) is 8.32. The molecule has 1 amide bonds. The summed E-state index contributed by atoms with van der Waals surface area (Å²) < 4.78 is 4.88. The minimum atomic E-state index is 0.105. The largest absolute Gasteiger partial charge is 0.336 e. The van der Waals surface area contributed by atoms with Crippen molar-refractivity contribution >= 4 is 21.8 Å². The first-order valence-electron chi connectivity index (χ1n) is 10.6. The van der Waals surface area contributed by atoms with Crippen LogP contribution in [0.25, 0.3) is 0 Å². The molecular formula is C23H29BrN6O. The summed E-state index contributed by atoms with van der Waals surface area (Å²) in [6.07, 6.45) is 2.08. The zero-order valence-electron chi connectivity index (χ0n) is 18.6. The molecule has 0 spiro atoms. The molecule has 1 fully saturated rings. The van der Waals surface area contributed by atoms with Crippen molar-refractivity contribution in [2.24, 2.45) is 7.05 Å². The second-order valence-corrected chi connectivity index (χ2v) is 9.12. The number of hydrogen-bond donors (Lipinski definition) is 0. The lowest BCUT2D eigenvalue weighted by Gasteiger charge is -2.34. The van der Waals surface area contributed by atoms with Crippen molar-refractivity contribution in [3.05, 3.63) is 68.7 Å². The van der Waals surface area contributed by atoms with Gasteiger partial charge in [-0.15, -0.1) is 0 Å². The van der Waals surface area contributed by atoms with E-state index < -0.39 is 0 Å². The summed E-state index contributed by atoms with van der Waals surface area (Å²) in [7, 11) is 1.95. The molecule has 31 heavy (non-hydrogen) atoms. The van der Waals surface area contributed by atoms with E-state index >= 15 is 0 Å². The molecule has 2 aromatic heterocycles. The fourth-order valence-electron chi connectivity index (χ4n) is 4.14. The Hall–Kier alpha value is -2.45. The van der Waals surface area contributed by atoms with Gasteiger partial charge in [-0.3, -0.25) is 19.1 Å². The van der Waals surface area contributed by atoms with Crippen molar-refractivity contribution < 1.29 is 4.79 Å². The van der Waals surface area contributed by atoms with Crippen LogP contribution in [0.4, 0.5) is 0 Å². The summed E-state index contributed by atoms with van der Waals surface area (Å²) in [5.74, 6) is 0.105. The third-order valence-electron chi connectivity index (χ3n) is 5.97. The van der Waals surface area contributed by atoms with Crippen LogP contribution in [0.15, 0.2) is 34.9 Å². The van der Waals surface area contributed by atoms with Gasteiger partial charge in [-0.2, -0.15) is 10.2 Å². The van der Waals surface area contributed by atoms with Gasteiger partial charge in [0.05, 0.1) is 28.1 Å². The number of nitrogens with zero attached hydrogens (tertiary/aromatic N) is 6. The van der Waals surface area contributed by atoms with Gasteiger partial charge in [0.25, 0.3) is 5.91 Å². The van der Waals surface area contributed by atoms with Gasteiger partial charge in [-0.05, 0) is 54.4 Å². The number of carbonyl (C=O) groups excluding carboxylic acids is 1. The van der Waals surface area contributed by atoms with Gasteiger partial charge in [0, 0.05) is 57.1 Å². The van der Waals surface area contributed by atoms with Gasteiger partial charge in [-0.25, -0.2) is 0 Å². The van der Waals surface area contributed by atoms with E-state index in [-0.39, 0.29) is 5.91 Å². The van der Waals surface area contributed by atoms with Crippen LogP contribution in [-0.2, 0) is 20.1 Å². The van der Waals surface area contributed by atoms with Crippen LogP contribution in [0.5, 0.6) is 0 Å². The molecule has 0 saturated carbocycles. The Morgan fingerprint density at radius 2 is 1.77 bits per heavy atom. The van der Waals surface area contributed by atoms with E-state index in [1.165, 1.54) is 5.56 Å². The molecule has 3 heterocycles. The van der Waals surface area contributed by atoms with Gasteiger partial charge in [0.2, 0.25) is 0 Å². The standard InChI is InChI=1S/C23H29BrN6O/c1-16-21(14-27(4)25-16)15-28-8-10-29(11-9-28)23(31)20-7-5-6-19(12-20)13-30-18(3)22(24)17(2)26-30/h5-7,12,14H,8-11,13,15H2,1-4H3. The van der Waals surface area contributed by atoms with Crippen molar-refractivity contribution in [2.75, 3.05) is 26.2 Å². The van der Waals surface area contributed by atoms with E-state index in [1.807, 2.05) is 60.3 Å². The minimum Gasteiger partial charge on any atom is -0.336 e. The van der Waals surface area contributed by atoms with Crippen molar-refractivity contribution in [3.63, 3.8) is 0 Å². The first kappa shape index (κ1) is 21.8. The summed E-state index contributed by atoms with van der Waals surface area (Å²) in [6, 6.07) is 7.92. The van der Waals surface area contributed by atoms with Gasteiger partial charge in [0.15, 0.2) is 0 Å². The minimum absolute atomic E-state index is 0.105. The Kier molecular flexibility index (Phi) is 6.29. The molecule has 7 nitrogen and oxygen atoms in total. The summed E-state index contributed by atoms with van der Waals surface area (Å²) >= 11 is 3.58. The highest BCUT2D eigenvalue weighted by molar-refractivity contribution is 9.10. The Bertz CT molecular complexity index is 1090. The van der Waals surface area contributed by atoms with Crippen LogP contribution in [0.3, 0.4) is 0 Å². The van der Waals surface area contributed by atoms with Crippen molar-refractivity contribution in [1.29, 1.82) is 0 Å². The Balaban J connectivity index is 1.38. The van der Waals surface area contributed by atoms with Crippen LogP contribution in [0.2, 0.25) is 0 Å². The van der Waals surface area contributed by atoms with E-state index in [9.17, 15) is 4.79 Å². The highest BCUT2D eigenvalue weighted by Gasteiger charge is 2.23. The smallest absolute Gasteiger partial charge is 0.253 e. The lowest BCUT2D eigenvalue weighted by atomic mass is 10.1. The third-order valence-corrected chi connectivity index (χ3v) is 7.12. The quantitative estimate of drug-likeness (QED) is 0.557. The summed E-state index contributed by atoms with van der Waals surface area (Å²) in [5, 5.41) is 9.01. The molecule has 164 valence electrons. The highest BCUT2D eigenvalue weighted by atomic mass is 79.9. The third kappa shape index (κ3) is 4.75. The van der Waals surface area contributed by atoms with E-state index in [1.54, 1.807) is 0 Å². The molecule has 4 rings (SSSR count). The van der Waals surface area contributed by atoms with Crippen molar-refractivity contribution in [3.8, 4) is 0 Å². The molecule has 1 aliphatic heterocycles. The fourth-order valence-corrected chi connectivity index (χ4v) is 4.43. The summed E-state index contributed by atoms with van der Waals surface area (Å²) in [5.41, 5.74) is 6.22. The number of amides is 1. The Labute approximate surface area is 191 Å². The number of benzene rings is 1. The molecule has 8 heteroatoms. The van der Waals surface area contributed by atoms with E-state index in [2.05, 4.69) is 43.3 Å². The van der Waals surface area contributed by atoms with E-state index in [4.69, 9.17) is 0 Å². The van der Waals surface area contributed by atoms with Crippen LogP contribution >= 0.6 is 15.9 Å². The number of aryl methyl sites for hydroxylation is 3. The summed E-state index contributed by atoms with van der Waals surface area (Å²) in [6.45, 7) is 10.9. The molecule has 1 saturated heterocycles. The number of aromatic nitrogens is 4. The second kappa shape index (κ2) is 8.96. The van der Waals surface area contributed by atoms with E-state index in [0.29, 0.717) is 6.54 Å². The van der Waals surface area contributed by atoms with Gasteiger partial charge in [-0.1, -0.05) is 12.1 Å². The average molecular weight is 485 g/mol.